The third-order valence-electron chi connectivity index (χ3n) is 3.84. The highest BCUT2D eigenvalue weighted by Crippen LogP contribution is 2.28. The van der Waals surface area contributed by atoms with E-state index in [1.165, 1.54) is 0 Å². The minimum Gasteiger partial charge on any atom is -0.496 e. The van der Waals surface area contributed by atoms with Gasteiger partial charge < -0.3 is 10.1 Å². The zero-order valence-corrected chi connectivity index (χ0v) is 13.9. The van der Waals surface area contributed by atoms with Gasteiger partial charge in [0, 0.05) is 11.3 Å². The van der Waals surface area contributed by atoms with Crippen LogP contribution in [0, 0.1) is 13.8 Å². The first kappa shape index (κ1) is 16.1. The summed E-state index contributed by atoms with van der Waals surface area (Å²) in [6.45, 7) is 8.22. The van der Waals surface area contributed by atoms with Crippen molar-refractivity contribution >= 4 is 11.6 Å². The van der Waals surface area contributed by atoms with Crippen LogP contribution in [0.1, 0.15) is 46.8 Å². The lowest BCUT2D eigenvalue weighted by Crippen LogP contribution is -2.15. The normalized spacial score (nSPS) is 10.6. The van der Waals surface area contributed by atoms with Crippen LogP contribution in [0.25, 0.3) is 0 Å². The largest absolute Gasteiger partial charge is 0.496 e. The number of anilines is 1. The number of aryl methyl sites for hydroxylation is 2. The topological polar surface area (TPSA) is 38.3 Å². The van der Waals surface area contributed by atoms with Gasteiger partial charge >= 0.3 is 0 Å². The van der Waals surface area contributed by atoms with E-state index in [0.717, 1.165) is 28.1 Å². The van der Waals surface area contributed by atoms with Gasteiger partial charge in [-0.05, 0) is 48.6 Å². The van der Waals surface area contributed by atoms with E-state index in [1.54, 1.807) is 13.2 Å². The molecule has 0 aliphatic carbocycles. The highest BCUT2D eigenvalue weighted by molar-refractivity contribution is 6.05. The molecule has 3 nitrogen and oxygen atoms in total. The first-order valence-electron chi connectivity index (χ1n) is 7.49. The van der Waals surface area contributed by atoms with Gasteiger partial charge in [-0.2, -0.15) is 0 Å². The molecular formula is C19H23NO2. The van der Waals surface area contributed by atoms with Crippen LogP contribution < -0.4 is 10.1 Å². The average molecular weight is 297 g/mol. The fourth-order valence-corrected chi connectivity index (χ4v) is 2.49. The summed E-state index contributed by atoms with van der Waals surface area (Å²) < 4.78 is 5.29. The zero-order chi connectivity index (χ0) is 16.3. The highest BCUT2D eigenvalue weighted by Gasteiger charge is 2.14. The number of hydrogen-bond acceptors (Lipinski definition) is 2. The minimum absolute atomic E-state index is 0.116. The summed E-state index contributed by atoms with van der Waals surface area (Å²) in [7, 11) is 1.61. The molecule has 22 heavy (non-hydrogen) atoms. The zero-order valence-electron chi connectivity index (χ0n) is 13.9. The highest BCUT2D eigenvalue weighted by atomic mass is 16.5. The lowest BCUT2D eigenvalue weighted by Gasteiger charge is -2.17. The molecule has 0 heterocycles. The van der Waals surface area contributed by atoms with Crippen LogP contribution in [0.2, 0.25) is 0 Å². The Morgan fingerprint density at radius 2 is 1.82 bits per heavy atom. The van der Waals surface area contributed by atoms with Crippen molar-refractivity contribution in [2.45, 2.75) is 33.6 Å². The Balaban J connectivity index is 2.33. The molecule has 1 N–H and O–H groups in total. The number of benzene rings is 2. The predicted molar refractivity (Wildman–Crippen MR) is 91.0 cm³/mol. The van der Waals surface area contributed by atoms with Gasteiger partial charge in [-0.1, -0.05) is 38.1 Å². The molecular weight excluding hydrogens is 274 g/mol. The summed E-state index contributed by atoms with van der Waals surface area (Å²) in [6.07, 6.45) is 0. The summed E-state index contributed by atoms with van der Waals surface area (Å²) in [5.41, 5.74) is 4.73. The molecule has 1 amide bonds. The van der Waals surface area contributed by atoms with Gasteiger partial charge in [0.25, 0.3) is 5.91 Å². The number of amides is 1. The van der Waals surface area contributed by atoms with E-state index in [1.807, 2.05) is 38.1 Å². The molecule has 0 fully saturated rings. The number of carbonyl (C=O) groups excluding carboxylic acids is 1. The second-order valence-corrected chi connectivity index (χ2v) is 5.83. The van der Waals surface area contributed by atoms with Gasteiger partial charge in [-0.3, -0.25) is 4.79 Å². The second kappa shape index (κ2) is 6.65. The molecule has 0 saturated carbocycles. The molecule has 0 unspecified atom stereocenters. The van der Waals surface area contributed by atoms with E-state index < -0.39 is 0 Å². The maximum atomic E-state index is 12.6. The molecule has 116 valence electrons. The SMILES string of the molecule is COc1cc(C(=O)Nc2c(C)cccc2C(C)C)ccc1C. The molecule has 0 aliphatic rings. The number of nitrogens with one attached hydrogen (secondary N) is 1. The molecule has 2 rings (SSSR count). The fraction of sp³-hybridized carbons (Fsp3) is 0.316. The Morgan fingerprint density at radius 1 is 1.09 bits per heavy atom. The third-order valence-corrected chi connectivity index (χ3v) is 3.84. The van der Waals surface area contributed by atoms with Crippen LogP contribution in [0.15, 0.2) is 36.4 Å². The Kier molecular flexibility index (Phi) is 4.86. The van der Waals surface area contributed by atoms with E-state index >= 15 is 0 Å². The number of hydrogen-bond donors (Lipinski definition) is 1. The molecule has 0 spiro atoms. The number of rotatable bonds is 4. The molecule has 0 aromatic heterocycles. The van der Waals surface area contributed by atoms with Crippen LogP contribution in [0.4, 0.5) is 5.69 Å². The fourth-order valence-electron chi connectivity index (χ4n) is 2.49. The van der Waals surface area contributed by atoms with Crippen LogP contribution >= 0.6 is 0 Å². The van der Waals surface area contributed by atoms with Crippen molar-refractivity contribution in [2.75, 3.05) is 12.4 Å². The minimum atomic E-state index is -0.116. The number of para-hydroxylation sites is 1. The van der Waals surface area contributed by atoms with E-state index in [0.29, 0.717) is 11.5 Å². The van der Waals surface area contributed by atoms with E-state index in [-0.39, 0.29) is 5.91 Å². The van der Waals surface area contributed by atoms with Gasteiger partial charge in [0.1, 0.15) is 5.75 Å². The number of methoxy groups -OCH3 is 1. The standard InChI is InChI=1S/C19H23NO2/c1-12(2)16-8-6-7-14(4)18(16)20-19(21)15-10-9-13(3)17(11-15)22-5/h6-12H,1-5H3,(H,20,21). The summed E-state index contributed by atoms with van der Waals surface area (Å²) in [5, 5.41) is 3.05. The molecule has 0 atom stereocenters. The van der Waals surface area contributed by atoms with Crippen molar-refractivity contribution in [1.82, 2.24) is 0 Å². The Hall–Kier alpha value is -2.29. The first-order chi connectivity index (χ1) is 10.4. The average Bonchev–Trinajstić information content (AvgIpc) is 2.49. The van der Waals surface area contributed by atoms with Crippen LogP contribution in [-0.4, -0.2) is 13.0 Å². The summed E-state index contributed by atoms with van der Waals surface area (Å²) in [4.78, 5) is 12.6. The smallest absolute Gasteiger partial charge is 0.255 e. The van der Waals surface area contributed by atoms with E-state index in [4.69, 9.17) is 4.74 Å². The van der Waals surface area contributed by atoms with Crippen molar-refractivity contribution in [1.29, 1.82) is 0 Å². The Morgan fingerprint density at radius 3 is 2.45 bits per heavy atom. The first-order valence-corrected chi connectivity index (χ1v) is 7.49. The van der Waals surface area contributed by atoms with Crippen molar-refractivity contribution in [3.05, 3.63) is 58.7 Å². The molecule has 3 heteroatoms. The molecule has 0 bridgehead atoms. The lowest BCUT2D eigenvalue weighted by atomic mass is 9.98. The van der Waals surface area contributed by atoms with Crippen LogP contribution in [0.3, 0.4) is 0 Å². The van der Waals surface area contributed by atoms with Crippen molar-refractivity contribution in [3.63, 3.8) is 0 Å². The third kappa shape index (κ3) is 3.30. The van der Waals surface area contributed by atoms with Crippen LogP contribution in [0.5, 0.6) is 5.75 Å². The van der Waals surface area contributed by atoms with Gasteiger partial charge in [-0.25, -0.2) is 0 Å². The Labute approximate surface area is 132 Å². The molecule has 2 aromatic rings. The van der Waals surface area contributed by atoms with Gasteiger partial charge in [0.05, 0.1) is 7.11 Å². The number of ether oxygens (including phenoxy) is 1. The molecule has 0 radical (unpaired) electrons. The molecule has 0 saturated heterocycles. The number of carbonyl (C=O) groups is 1. The van der Waals surface area contributed by atoms with Crippen molar-refractivity contribution < 1.29 is 9.53 Å². The lowest BCUT2D eigenvalue weighted by molar-refractivity contribution is 0.102. The maximum Gasteiger partial charge on any atom is 0.255 e. The Bertz CT molecular complexity index is 690. The summed E-state index contributed by atoms with van der Waals surface area (Å²) in [5.74, 6) is 0.957. The predicted octanol–water partition coefficient (Wildman–Crippen LogP) is 4.69. The second-order valence-electron chi connectivity index (χ2n) is 5.83. The molecule has 0 aliphatic heterocycles. The maximum absolute atomic E-state index is 12.6. The summed E-state index contributed by atoms with van der Waals surface area (Å²) in [6, 6.07) is 11.6. The van der Waals surface area contributed by atoms with Crippen LogP contribution in [-0.2, 0) is 0 Å². The van der Waals surface area contributed by atoms with Crippen molar-refractivity contribution in [2.24, 2.45) is 0 Å². The van der Waals surface area contributed by atoms with E-state index in [2.05, 4.69) is 25.2 Å². The monoisotopic (exact) mass is 297 g/mol. The van der Waals surface area contributed by atoms with E-state index in [9.17, 15) is 4.79 Å². The summed E-state index contributed by atoms with van der Waals surface area (Å²) >= 11 is 0. The van der Waals surface area contributed by atoms with Gasteiger partial charge in [-0.15, -0.1) is 0 Å². The molecule has 2 aromatic carbocycles. The van der Waals surface area contributed by atoms with Gasteiger partial charge in [0.2, 0.25) is 0 Å². The quantitative estimate of drug-likeness (QED) is 0.889. The van der Waals surface area contributed by atoms with Crippen molar-refractivity contribution in [3.8, 4) is 5.75 Å². The van der Waals surface area contributed by atoms with Gasteiger partial charge in [0.15, 0.2) is 0 Å².